The highest BCUT2D eigenvalue weighted by atomic mass is 19.3. The fourth-order valence-electron chi connectivity index (χ4n) is 1.60. The minimum absolute atomic E-state index is 0.637. The van der Waals surface area contributed by atoms with Gasteiger partial charge in [0.25, 0.3) is 5.92 Å². The predicted molar refractivity (Wildman–Crippen MR) is 63.8 cm³/mol. The first-order valence-electron chi connectivity index (χ1n) is 5.91. The van der Waals surface area contributed by atoms with Gasteiger partial charge in [-0.15, -0.1) is 0 Å². The van der Waals surface area contributed by atoms with Gasteiger partial charge in [-0.25, -0.2) is 8.78 Å². The van der Waals surface area contributed by atoms with Gasteiger partial charge in [-0.05, 0) is 27.7 Å². The Balaban J connectivity index is 2.85. The van der Waals surface area contributed by atoms with Crippen LogP contribution >= 0.6 is 0 Å². The topological polar surface area (TPSA) is 44.5 Å². The summed E-state index contributed by atoms with van der Waals surface area (Å²) < 4.78 is 38.7. The Hall–Kier alpha value is -0.195. The second-order valence-corrected chi connectivity index (χ2v) is 5.98. The number of rotatable bonds is 3. The minimum Gasteiger partial charge on any atom is -0.402 e. The van der Waals surface area contributed by atoms with Crippen LogP contribution in [0.25, 0.3) is 0 Å². The van der Waals surface area contributed by atoms with Crippen molar-refractivity contribution in [2.75, 3.05) is 0 Å². The molecule has 3 nitrogen and oxygen atoms in total. The van der Waals surface area contributed by atoms with Crippen LogP contribution in [-0.2, 0) is 9.31 Å². The van der Waals surface area contributed by atoms with E-state index in [1.54, 1.807) is 0 Å². The molecule has 0 aromatic carbocycles. The third kappa shape index (κ3) is 2.49. The number of hydrogen-bond donors (Lipinski definition) is 1. The van der Waals surface area contributed by atoms with Crippen LogP contribution in [0.3, 0.4) is 0 Å². The maximum Gasteiger partial charge on any atom is 0.482 e. The second kappa shape index (κ2) is 4.18. The summed E-state index contributed by atoms with van der Waals surface area (Å²) in [5.41, 5.74) is 4.33. The van der Waals surface area contributed by atoms with Crippen LogP contribution in [0, 0.1) is 5.92 Å². The Labute approximate surface area is 102 Å². The Morgan fingerprint density at radius 1 is 1.06 bits per heavy atom. The van der Waals surface area contributed by atoms with Gasteiger partial charge in [-0.3, -0.25) is 0 Å². The Kier molecular flexibility index (Phi) is 3.65. The van der Waals surface area contributed by atoms with Crippen molar-refractivity contribution < 1.29 is 18.1 Å². The van der Waals surface area contributed by atoms with Gasteiger partial charge in [0.15, 0.2) is 0 Å². The van der Waals surface area contributed by atoms with Crippen molar-refractivity contribution in [3.05, 3.63) is 0 Å². The Morgan fingerprint density at radius 3 is 1.71 bits per heavy atom. The molecule has 0 radical (unpaired) electrons. The molecule has 1 fully saturated rings. The minimum atomic E-state index is -3.01. The van der Waals surface area contributed by atoms with E-state index in [0.717, 1.165) is 0 Å². The van der Waals surface area contributed by atoms with Crippen molar-refractivity contribution in [1.82, 2.24) is 0 Å². The van der Waals surface area contributed by atoms with E-state index in [1.165, 1.54) is 13.8 Å². The first kappa shape index (κ1) is 14.9. The molecular weight excluding hydrogens is 227 g/mol. The molecule has 0 amide bonds. The van der Waals surface area contributed by atoms with Gasteiger partial charge in [-0.2, -0.15) is 0 Å². The smallest absolute Gasteiger partial charge is 0.402 e. The second-order valence-electron chi connectivity index (χ2n) is 5.98. The van der Waals surface area contributed by atoms with Gasteiger partial charge >= 0.3 is 7.12 Å². The van der Waals surface area contributed by atoms with Gasteiger partial charge in [0.05, 0.1) is 11.2 Å². The van der Waals surface area contributed by atoms with E-state index in [-0.39, 0.29) is 0 Å². The van der Waals surface area contributed by atoms with Crippen LogP contribution < -0.4 is 5.73 Å². The first-order valence-corrected chi connectivity index (χ1v) is 5.91. The lowest BCUT2D eigenvalue weighted by atomic mass is 9.72. The average molecular weight is 249 g/mol. The maximum atomic E-state index is 13.8. The average Bonchev–Trinajstić information content (AvgIpc) is 2.34. The fourth-order valence-corrected chi connectivity index (χ4v) is 1.60. The number of halogens is 2. The quantitative estimate of drug-likeness (QED) is 0.780. The van der Waals surface area contributed by atoms with E-state index in [0.29, 0.717) is 0 Å². The summed E-state index contributed by atoms with van der Waals surface area (Å²) in [6, 6.07) is 0. The van der Waals surface area contributed by atoms with Crippen LogP contribution in [0.1, 0.15) is 41.5 Å². The predicted octanol–water partition coefficient (Wildman–Crippen LogP) is 2.24. The summed E-state index contributed by atoms with van der Waals surface area (Å²) in [7, 11) is -1.07. The first-order chi connectivity index (χ1) is 7.42. The molecule has 0 aliphatic carbocycles. The largest absolute Gasteiger partial charge is 0.482 e. The summed E-state index contributed by atoms with van der Waals surface area (Å²) in [5.74, 6) is -5.32. The normalized spacial score (nSPS) is 25.4. The molecule has 2 N–H and O–H groups in total. The number of alkyl halides is 2. The highest BCUT2D eigenvalue weighted by Gasteiger charge is 2.59. The fraction of sp³-hybridized carbons (Fsp3) is 1.00. The number of nitrogens with two attached hydrogens (primary N) is 1. The van der Waals surface area contributed by atoms with Gasteiger partial charge in [0.1, 0.15) is 5.94 Å². The lowest BCUT2D eigenvalue weighted by Crippen LogP contribution is -2.56. The van der Waals surface area contributed by atoms with E-state index < -0.39 is 36.1 Å². The molecule has 0 unspecified atom stereocenters. The third-order valence-electron chi connectivity index (χ3n) is 3.78. The van der Waals surface area contributed by atoms with E-state index in [2.05, 4.69) is 0 Å². The molecule has 1 rings (SSSR count). The molecule has 1 aliphatic heterocycles. The van der Waals surface area contributed by atoms with Gasteiger partial charge in [0, 0.05) is 5.92 Å². The molecule has 0 aromatic rings. The van der Waals surface area contributed by atoms with Crippen molar-refractivity contribution in [3.8, 4) is 0 Å². The summed E-state index contributed by atoms with van der Waals surface area (Å²) in [5, 5.41) is 0. The lowest BCUT2D eigenvalue weighted by Gasteiger charge is -2.32. The van der Waals surface area contributed by atoms with E-state index in [1.807, 2.05) is 27.7 Å². The Morgan fingerprint density at radius 2 is 1.41 bits per heavy atom. The molecule has 0 aromatic heterocycles. The highest BCUT2D eigenvalue weighted by Crippen LogP contribution is 2.40. The molecule has 1 heterocycles. The molecule has 1 aliphatic rings. The van der Waals surface area contributed by atoms with Crippen molar-refractivity contribution >= 4 is 7.12 Å². The van der Waals surface area contributed by atoms with Crippen molar-refractivity contribution in [2.45, 2.75) is 64.6 Å². The lowest BCUT2D eigenvalue weighted by molar-refractivity contribution is -0.0555. The molecule has 1 atom stereocenters. The summed E-state index contributed by atoms with van der Waals surface area (Å²) >= 11 is 0. The molecule has 1 saturated heterocycles. The monoisotopic (exact) mass is 249 g/mol. The molecule has 0 spiro atoms. The van der Waals surface area contributed by atoms with Gasteiger partial charge in [-0.1, -0.05) is 13.8 Å². The zero-order valence-corrected chi connectivity index (χ0v) is 11.4. The van der Waals surface area contributed by atoms with E-state index in [4.69, 9.17) is 15.0 Å². The molecular formula is C11H22BF2NO2. The number of hydrogen-bond acceptors (Lipinski definition) is 3. The van der Waals surface area contributed by atoms with Crippen molar-refractivity contribution in [2.24, 2.45) is 11.7 Å². The zero-order chi connectivity index (χ0) is 13.6. The molecule has 6 heteroatoms. The van der Waals surface area contributed by atoms with Gasteiger partial charge < -0.3 is 15.0 Å². The standard InChI is InChI=1S/C11H22BF2NO2/c1-7(2)11(13,14)8(15)12-16-9(3,4)10(5,6)17-12/h7-8H,15H2,1-6H3/t8-/m1/s1. The van der Waals surface area contributed by atoms with Gasteiger partial charge in [0.2, 0.25) is 0 Å². The van der Waals surface area contributed by atoms with E-state index in [9.17, 15) is 8.78 Å². The molecule has 0 bridgehead atoms. The SMILES string of the molecule is CC(C)C(F)(F)[C@@H](N)B1OC(C)(C)C(C)(C)O1. The molecule has 17 heavy (non-hydrogen) atoms. The van der Waals surface area contributed by atoms with Crippen molar-refractivity contribution in [1.29, 1.82) is 0 Å². The summed E-state index contributed by atoms with van der Waals surface area (Å²) in [4.78, 5) is 0. The maximum absolute atomic E-state index is 13.8. The highest BCUT2D eigenvalue weighted by molar-refractivity contribution is 6.47. The van der Waals surface area contributed by atoms with Crippen LogP contribution in [0.4, 0.5) is 8.78 Å². The van der Waals surface area contributed by atoms with Crippen LogP contribution in [0.2, 0.25) is 0 Å². The molecule has 0 saturated carbocycles. The van der Waals surface area contributed by atoms with Crippen LogP contribution in [0.15, 0.2) is 0 Å². The van der Waals surface area contributed by atoms with Crippen LogP contribution in [-0.4, -0.2) is 30.2 Å². The summed E-state index contributed by atoms with van der Waals surface area (Å²) in [6.07, 6.45) is 0. The molecule has 100 valence electrons. The van der Waals surface area contributed by atoms with Crippen LogP contribution in [0.5, 0.6) is 0 Å². The zero-order valence-electron chi connectivity index (χ0n) is 11.4. The third-order valence-corrected chi connectivity index (χ3v) is 3.78. The Bertz CT molecular complexity index is 279. The summed E-state index contributed by atoms with van der Waals surface area (Å²) in [6.45, 7) is 10.1. The van der Waals surface area contributed by atoms with E-state index >= 15 is 0 Å². The van der Waals surface area contributed by atoms with Crippen molar-refractivity contribution in [3.63, 3.8) is 0 Å².